The summed E-state index contributed by atoms with van der Waals surface area (Å²) in [5, 5.41) is 28.3. The van der Waals surface area contributed by atoms with Gasteiger partial charge >= 0.3 is 5.69 Å². The summed E-state index contributed by atoms with van der Waals surface area (Å²) >= 11 is 3.13. The third kappa shape index (κ3) is 2.02. The summed E-state index contributed by atoms with van der Waals surface area (Å²) in [5.74, 6) is 0.0118. The average molecular weight is 331 g/mol. The Morgan fingerprint density at radius 2 is 2.42 bits per heavy atom. The van der Waals surface area contributed by atoms with Gasteiger partial charge in [0.25, 0.3) is 5.72 Å². The van der Waals surface area contributed by atoms with E-state index >= 15 is 0 Å². The second-order valence-corrected chi connectivity index (χ2v) is 5.03. The van der Waals surface area contributed by atoms with Crippen molar-refractivity contribution < 1.29 is 14.9 Å². The summed E-state index contributed by atoms with van der Waals surface area (Å²) in [6.45, 7) is -0.482. The molecule has 0 unspecified atom stereocenters. The van der Waals surface area contributed by atoms with Gasteiger partial charge < -0.3 is 20.7 Å². The maximum Gasteiger partial charge on any atom is 0.352 e. The summed E-state index contributed by atoms with van der Waals surface area (Å²) < 4.78 is 6.29. The molecule has 0 aromatic carbocycles. The van der Waals surface area contributed by atoms with E-state index in [1.807, 2.05) is 6.07 Å². The number of hydrogen-bond acceptors (Lipinski definition) is 7. The Kier molecular flexibility index (Phi) is 3.60. The van der Waals surface area contributed by atoms with E-state index in [-0.39, 0.29) is 5.82 Å². The van der Waals surface area contributed by atoms with Crippen molar-refractivity contribution in [2.24, 2.45) is 0 Å². The zero-order chi connectivity index (χ0) is 14.2. The van der Waals surface area contributed by atoms with Crippen molar-refractivity contribution in [3.63, 3.8) is 0 Å². The molecule has 1 aromatic heterocycles. The lowest BCUT2D eigenvalue weighted by Gasteiger charge is -2.26. The van der Waals surface area contributed by atoms with E-state index in [9.17, 15) is 15.2 Å². The number of rotatable bonds is 2. The summed E-state index contributed by atoms with van der Waals surface area (Å²) in [7, 11) is 0. The summed E-state index contributed by atoms with van der Waals surface area (Å²) in [4.78, 5) is 14.4. The number of alkyl halides is 1. The van der Waals surface area contributed by atoms with Gasteiger partial charge in [0.05, 0.1) is 6.61 Å². The molecule has 9 heteroatoms. The standard InChI is InChI=1S/C10H11BrN4O4/c11-8-7(17)5(3-16)19-10(8,4-12)15-2-1-6(13)14-9(15)18/h1-2,5,7-8,16-17H,3H2,(H2,13,14,18)/t5-,7-,8+,10-/m1/s1. The van der Waals surface area contributed by atoms with Crippen LogP contribution in [0.2, 0.25) is 0 Å². The van der Waals surface area contributed by atoms with Gasteiger partial charge in [-0.1, -0.05) is 15.9 Å². The van der Waals surface area contributed by atoms with E-state index in [2.05, 4.69) is 20.9 Å². The Hall–Kier alpha value is -1.47. The topological polar surface area (TPSA) is 134 Å². The van der Waals surface area contributed by atoms with Gasteiger partial charge in [0.2, 0.25) is 0 Å². The van der Waals surface area contributed by atoms with Crippen LogP contribution in [0.3, 0.4) is 0 Å². The number of nitrogens with two attached hydrogens (primary N) is 1. The summed E-state index contributed by atoms with van der Waals surface area (Å²) in [6, 6.07) is 3.18. The first kappa shape index (κ1) is 14.0. The molecular weight excluding hydrogens is 320 g/mol. The molecule has 2 heterocycles. The number of nitriles is 1. The Morgan fingerprint density at radius 1 is 1.74 bits per heavy atom. The van der Waals surface area contributed by atoms with Crippen molar-refractivity contribution >= 4 is 21.7 Å². The molecule has 0 spiro atoms. The lowest BCUT2D eigenvalue weighted by molar-refractivity contribution is -0.0836. The molecule has 0 amide bonds. The van der Waals surface area contributed by atoms with Crippen LogP contribution in [0.1, 0.15) is 0 Å². The number of anilines is 1. The smallest absolute Gasteiger partial charge is 0.352 e. The fourth-order valence-corrected chi connectivity index (χ4v) is 2.70. The molecule has 1 aromatic rings. The van der Waals surface area contributed by atoms with Gasteiger partial charge in [-0.15, -0.1) is 0 Å². The number of aromatic nitrogens is 2. The number of aliphatic hydroxyl groups excluding tert-OH is 2. The van der Waals surface area contributed by atoms with Crippen LogP contribution in [-0.4, -0.2) is 43.4 Å². The van der Waals surface area contributed by atoms with Crippen LogP contribution in [-0.2, 0) is 10.5 Å². The highest BCUT2D eigenvalue weighted by Gasteiger charge is 2.56. The third-order valence-corrected chi connectivity index (χ3v) is 4.07. The number of nitrogens with zero attached hydrogens (tertiary/aromatic N) is 3. The number of ether oxygens (including phenoxy) is 1. The molecule has 0 radical (unpaired) electrons. The van der Waals surface area contributed by atoms with Crippen LogP contribution in [0, 0.1) is 11.3 Å². The van der Waals surface area contributed by atoms with Gasteiger partial charge in [0.1, 0.15) is 28.9 Å². The maximum atomic E-state index is 11.8. The molecule has 0 aliphatic carbocycles. The lowest BCUT2D eigenvalue weighted by Crippen LogP contribution is -2.47. The minimum atomic E-state index is -1.79. The van der Waals surface area contributed by atoms with Gasteiger partial charge in [0.15, 0.2) is 0 Å². The van der Waals surface area contributed by atoms with Gasteiger partial charge in [-0.25, -0.2) is 4.79 Å². The van der Waals surface area contributed by atoms with Crippen LogP contribution in [0.5, 0.6) is 0 Å². The number of aliphatic hydroxyl groups is 2. The van der Waals surface area contributed by atoms with Crippen molar-refractivity contribution in [3.05, 3.63) is 22.7 Å². The van der Waals surface area contributed by atoms with Crippen LogP contribution in [0.15, 0.2) is 17.1 Å². The molecule has 1 aliphatic rings. The molecular formula is C10H11BrN4O4. The van der Waals surface area contributed by atoms with E-state index in [4.69, 9.17) is 15.6 Å². The van der Waals surface area contributed by atoms with Gasteiger partial charge in [-0.2, -0.15) is 10.2 Å². The molecule has 1 saturated heterocycles. The van der Waals surface area contributed by atoms with Crippen molar-refractivity contribution in [1.82, 2.24) is 9.55 Å². The summed E-state index contributed by atoms with van der Waals surface area (Å²) in [5.41, 5.74) is 2.81. The molecule has 1 fully saturated rings. The summed E-state index contributed by atoms with van der Waals surface area (Å²) in [6.07, 6.45) is -0.864. The molecule has 2 rings (SSSR count). The molecule has 19 heavy (non-hydrogen) atoms. The zero-order valence-corrected chi connectivity index (χ0v) is 11.2. The minimum Gasteiger partial charge on any atom is -0.394 e. The van der Waals surface area contributed by atoms with Gasteiger partial charge in [-0.05, 0) is 6.07 Å². The number of halogens is 1. The normalized spacial score (nSPS) is 34.1. The molecule has 4 atom stereocenters. The molecule has 8 nitrogen and oxygen atoms in total. The van der Waals surface area contributed by atoms with Crippen LogP contribution in [0.4, 0.5) is 5.82 Å². The average Bonchev–Trinajstić information content (AvgIpc) is 2.64. The number of hydrogen-bond donors (Lipinski definition) is 3. The van der Waals surface area contributed by atoms with E-state index in [0.717, 1.165) is 4.57 Å². The quantitative estimate of drug-likeness (QED) is 0.562. The Bertz CT molecular complexity index is 586. The maximum absolute atomic E-state index is 11.8. The highest BCUT2D eigenvalue weighted by molar-refractivity contribution is 9.09. The van der Waals surface area contributed by atoms with Crippen molar-refractivity contribution in [2.45, 2.75) is 22.8 Å². The minimum absolute atomic E-state index is 0.0118. The Labute approximate surface area is 116 Å². The number of nitrogen functional groups attached to an aromatic ring is 1. The zero-order valence-electron chi connectivity index (χ0n) is 9.60. The van der Waals surface area contributed by atoms with E-state index in [1.165, 1.54) is 12.3 Å². The van der Waals surface area contributed by atoms with Gasteiger partial charge in [-0.3, -0.25) is 4.57 Å². The van der Waals surface area contributed by atoms with Crippen molar-refractivity contribution in [1.29, 1.82) is 5.26 Å². The SMILES string of the molecule is N#C[C@@]1(n2ccc(N)nc2=O)O[C@H](CO)[C@@H](O)[C@@H]1Br. The molecule has 0 saturated carbocycles. The fourth-order valence-electron chi connectivity index (χ4n) is 1.93. The van der Waals surface area contributed by atoms with Crippen LogP contribution < -0.4 is 11.4 Å². The first-order valence-electron chi connectivity index (χ1n) is 5.34. The molecule has 102 valence electrons. The first-order chi connectivity index (χ1) is 8.96. The van der Waals surface area contributed by atoms with Crippen LogP contribution in [0.25, 0.3) is 0 Å². The van der Waals surface area contributed by atoms with Gasteiger partial charge in [0, 0.05) is 6.20 Å². The van der Waals surface area contributed by atoms with E-state index in [0.29, 0.717) is 0 Å². The highest BCUT2D eigenvalue weighted by Crippen LogP contribution is 2.38. The lowest BCUT2D eigenvalue weighted by atomic mass is 10.1. The van der Waals surface area contributed by atoms with E-state index in [1.54, 1.807) is 0 Å². The second-order valence-electron chi connectivity index (χ2n) is 4.04. The van der Waals surface area contributed by atoms with E-state index < -0.39 is 35.1 Å². The van der Waals surface area contributed by atoms with Crippen molar-refractivity contribution in [2.75, 3.05) is 12.3 Å². The van der Waals surface area contributed by atoms with Crippen LogP contribution >= 0.6 is 15.9 Å². The molecule has 1 aliphatic heterocycles. The first-order valence-corrected chi connectivity index (χ1v) is 6.25. The predicted octanol–water partition coefficient (Wildman–Crippen LogP) is -1.48. The Morgan fingerprint density at radius 3 is 2.89 bits per heavy atom. The fraction of sp³-hybridized carbons (Fsp3) is 0.500. The largest absolute Gasteiger partial charge is 0.394 e. The Balaban J connectivity index is 2.56. The second kappa shape index (κ2) is 4.90. The third-order valence-electron chi connectivity index (χ3n) is 2.91. The molecule has 4 N–H and O–H groups in total. The van der Waals surface area contributed by atoms with Crippen molar-refractivity contribution in [3.8, 4) is 6.07 Å². The molecule has 0 bridgehead atoms. The highest BCUT2D eigenvalue weighted by atomic mass is 79.9. The monoisotopic (exact) mass is 330 g/mol. The predicted molar refractivity (Wildman–Crippen MR) is 67.2 cm³/mol.